The highest BCUT2D eigenvalue weighted by atomic mass is 16.3. The van der Waals surface area contributed by atoms with E-state index in [1.165, 1.54) is 0 Å². The van der Waals surface area contributed by atoms with Crippen molar-refractivity contribution in [1.82, 2.24) is 4.98 Å². The minimum Gasteiger partial charge on any atom is -0.448 e. The van der Waals surface area contributed by atoms with Crippen molar-refractivity contribution in [2.45, 2.75) is 39.0 Å². The Bertz CT molecular complexity index is 199. The summed E-state index contributed by atoms with van der Waals surface area (Å²) in [6, 6.07) is 0. The van der Waals surface area contributed by atoms with Gasteiger partial charge in [0.2, 0.25) is 0 Å². The molecule has 11 heavy (non-hydrogen) atoms. The fourth-order valence-corrected chi connectivity index (χ4v) is 1.07. The lowest BCUT2D eigenvalue weighted by Gasteiger charge is -2.21. The van der Waals surface area contributed by atoms with Gasteiger partial charge in [-0.05, 0) is 12.8 Å². The third-order valence-electron chi connectivity index (χ3n) is 2.51. The Labute approximate surface area is 67.6 Å². The van der Waals surface area contributed by atoms with Crippen molar-refractivity contribution in [1.29, 1.82) is 0 Å². The lowest BCUT2D eigenvalue weighted by molar-refractivity contribution is 0.325. The molecule has 1 rings (SSSR count). The predicted molar refractivity (Wildman–Crippen MR) is 44.4 cm³/mol. The number of rotatable bonds is 3. The molecule has 0 aliphatic heterocycles. The molecule has 0 bridgehead atoms. The molecule has 0 fully saturated rings. The molecule has 1 heterocycles. The third-order valence-corrected chi connectivity index (χ3v) is 2.51. The molecule has 1 aromatic rings. The number of oxazole rings is 1. The van der Waals surface area contributed by atoms with Crippen LogP contribution in [0, 0.1) is 0 Å². The molecular weight excluding hydrogens is 138 g/mol. The standard InChI is InChI=1S/C9H15NO/c1-4-9(3,5-2)8-10-6-7-11-8/h6-7H,4-5H2,1-3H3. The Balaban J connectivity index is 2.87. The lowest BCUT2D eigenvalue weighted by atomic mass is 9.85. The van der Waals surface area contributed by atoms with Crippen molar-refractivity contribution in [3.8, 4) is 0 Å². The first-order chi connectivity index (χ1) is 5.23. The van der Waals surface area contributed by atoms with Crippen LogP contribution in [0.2, 0.25) is 0 Å². The summed E-state index contributed by atoms with van der Waals surface area (Å²) >= 11 is 0. The van der Waals surface area contributed by atoms with E-state index in [-0.39, 0.29) is 5.41 Å². The van der Waals surface area contributed by atoms with Crippen molar-refractivity contribution >= 4 is 0 Å². The summed E-state index contributed by atoms with van der Waals surface area (Å²) in [4.78, 5) is 4.16. The van der Waals surface area contributed by atoms with Crippen LogP contribution in [0.3, 0.4) is 0 Å². The first kappa shape index (κ1) is 8.31. The van der Waals surface area contributed by atoms with E-state index >= 15 is 0 Å². The highest BCUT2D eigenvalue weighted by Crippen LogP contribution is 2.28. The molecule has 2 nitrogen and oxygen atoms in total. The summed E-state index contributed by atoms with van der Waals surface area (Å²) < 4.78 is 5.27. The molecule has 0 aromatic carbocycles. The van der Waals surface area contributed by atoms with Gasteiger partial charge < -0.3 is 4.42 Å². The van der Waals surface area contributed by atoms with Crippen LogP contribution >= 0.6 is 0 Å². The zero-order valence-corrected chi connectivity index (χ0v) is 7.42. The van der Waals surface area contributed by atoms with Gasteiger partial charge in [0.1, 0.15) is 6.26 Å². The van der Waals surface area contributed by atoms with Gasteiger partial charge in [0.05, 0.1) is 6.20 Å². The monoisotopic (exact) mass is 153 g/mol. The summed E-state index contributed by atoms with van der Waals surface area (Å²) in [5.74, 6) is 0.863. The predicted octanol–water partition coefficient (Wildman–Crippen LogP) is 2.75. The van der Waals surface area contributed by atoms with E-state index in [0.29, 0.717) is 0 Å². The molecule has 0 aliphatic carbocycles. The van der Waals surface area contributed by atoms with Crippen LogP contribution in [0.25, 0.3) is 0 Å². The first-order valence-electron chi connectivity index (χ1n) is 4.13. The molecule has 0 saturated heterocycles. The van der Waals surface area contributed by atoms with E-state index in [1.807, 2.05) is 0 Å². The minimum atomic E-state index is 0.128. The molecule has 0 unspecified atom stereocenters. The molecule has 0 radical (unpaired) electrons. The Morgan fingerprint density at radius 1 is 1.45 bits per heavy atom. The van der Waals surface area contributed by atoms with Crippen LogP contribution in [0.4, 0.5) is 0 Å². The third kappa shape index (κ3) is 1.44. The Hall–Kier alpha value is -0.790. The normalized spacial score (nSPS) is 11.9. The van der Waals surface area contributed by atoms with Gasteiger partial charge in [0, 0.05) is 5.41 Å². The summed E-state index contributed by atoms with van der Waals surface area (Å²) in [6.07, 6.45) is 5.49. The summed E-state index contributed by atoms with van der Waals surface area (Å²) in [7, 11) is 0. The molecule has 0 spiro atoms. The van der Waals surface area contributed by atoms with E-state index < -0.39 is 0 Å². The van der Waals surface area contributed by atoms with E-state index in [0.717, 1.165) is 18.7 Å². The molecular formula is C9H15NO. The SMILES string of the molecule is CCC(C)(CC)c1ncco1. The van der Waals surface area contributed by atoms with Crippen molar-refractivity contribution in [2.75, 3.05) is 0 Å². The van der Waals surface area contributed by atoms with Crippen LogP contribution in [-0.4, -0.2) is 4.98 Å². The second-order valence-corrected chi connectivity index (χ2v) is 3.11. The van der Waals surface area contributed by atoms with Gasteiger partial charge in [-0.15, -0.1) is 0 Å². The van der Waals surface area contributed by atoms with Crippen LogP contribution < -0.4 is 0 Å². The van der Waals surface area contributed by atoms with Crippen LogP contribution in [-0.2, 0) is 5.41 Å². The van der Waals surface area contributed by atoms with Gasteiger partial charge in [-0.25, -0.2) is 4.98 Å². The topological polar surface area (TPSA) is 26.0 Å². The first-order valence-corrected chi connectivity index (χ1v) is 4.13. The number of hydrogen-bond donors (Lipinski definition) is 0. The lowest BCUT2D eigenvalue weighted by Crippen LogP contribution is -2.19. The minimum absolute atomic E-state index is 0.128. The van der Waals surface area contributed by atoms with Crippen LogP contribution in [0.1, 0.15) is 39.5 Å². The molecule has 2 heteroatoms. The zero-order valence-electron chi connectivity index (χ0n) is 7.42. The number of hydrogen-bond acceptors (Lipinski definition) is 2. The van der Waals surface area contributed by atoms with Gasteiger partial charge in [0.25, 0.3) is 0 Å². The average molecular weight is 153 g/mol. The molecule has 0 aliphatic rings. The van der Waals surface area contributed by atoms with Gasteiger partial charge >= 0.3 is 0 Å². The van der Waals surface area contributed by atoms with Crippen molar-refractivity contribution in [3.05, 3.63) is 18.4 Å². The molecule has 0 atom stereocenters. The van der Waals surface area contributed by atoms with Gasteiger partial charge in [0.15, 0.2) is 5.89 Å². The van der Waals surface area contributed by atoms with Gasteiger partial charge in [-0.1, -0.05) is 20.8 Å². The van der Waals surface area contributed by atoms with Crippen LogP contribution in [0.15, 0.2) is 16.9 Å². The highest BCUT2D eigenvalue weighted by Gasteiger charge is 2.26. The highest BCUT2D eigenvalue weighted by molar-refractivity contribution is 5.00. The maximum atomic E-state index is 5.27. The van der Waals surface area contributed by atoms with E-state index in [1.54, 1.807) is 12.5 Å². The van der Waals surface area contributed by atoms with E-state index in [4.69, 9.17) is 4.42 Å². The summed E-state index contributed by atoms with van der Waals surface area (Å²) in [5.41, 5.74) is 0.128. The van der Waals surface area contributed by atoms with Crippen molar-refractivity contribution < 1.29 is 4.42 Å². The van der Waals surface area contributed by atoms with E-state index in [2.05, 4.69) is 25.8 Å². The second kappa shape index (κ2) is 3.07. The van der Waals surface area contributed by atoms with Crippen molar-refractivity contribution in [2.24, 2.45) is 0 Å². The number of nitrogens with zero attached hydrogens (tertiary/aromatic N) is 1. The molecule has 62 valence electrons. The molecule has 0 N–H and O–H groups in total. The fourth-order valence-electron chi connectivity index (χ4n) is 1.07. The summed E-state index contributed by atoms with van der Waals surface area (Å²) in [6.45, 7) is 6.50. The number of aromatic nitrogens is 1. The Kier molecular flexibility index (Phi) is 2.32. The average Bonchev–Trinajstić information content (AvgIpc) is 2.55. The quantitative estimate of drug-likeness (QED) is 0.667. The second-order valence-electron chi connectivity index (χ2n) is 3.11. The Morgan fingerprint density at radius 2 is 2.09 bits per heavy atom. The zero-order chi connectivity index (χ0) is 8.32. The summed E-state index contributed by atoms with van der Waals surface area (Å²) in [5, 5.41) is 0. The molecule has 1 aromatic heterocycles. The van der Waals surface area contributed by atoms with Gasteiger partial charge in [-0.3, -0.25) is 0 Å². The fraction of sp³-hybridized carbons (Fsp3) is 0.667. The largest absolute Gasteiger partial charge is 0.448 e. The van der Waals surface area contributed by atoms with E-state index in [9.17, 15) is 0 Å². The van der Waals surface area contributed by atoms with Crippen LogP contribution in [0.5, 0.6) is 0 Å². The maximum absolute atomic E-state index is 5.27. The molecule has 0 saturated carbocycles. The Morgan fingerprint density at radius 3 is 2.45 bits per heavy atom. The van der Waals surface area contributed by atoms with Crippen molar-refractivity contribution in [3.63, 3.8) is 0 Å². The molecule has 0 amide bonds. The maximum Gasteiger partial charge on any atom is 0.199 e. The van der Waals surface area contributed by atoms with Gasteiger partial charge in [-0.2, -0.15) is 0 Å². The smallest absolute Gasteiger partial charge is 0.199 e.